The second-order valence-electron chi connectivity index (χ2n) is 4.31. The van der Waals surface area contributed by atoms with E-state index in [0.717, 1.165) is 25.5 Å². The van der Waals surface area contributed by atoms with Gasteiger partial charge in [-0.15, -0.1) is 11.6 Å². The lowest BCUT2D eigenvalue weighted by atomic mass is 10.1. The van der Waals surface area contributed by atoms with E-state index in [1.807, 2.05) is 0 Å². The molecule has 0 unspecified atom stereocenters. The first-order valence-corrected chi connectivity index (χ1v) is 6.63. The van der Waals surface area contributed by atoms with Crippen molar-refractivity contribution in [2.24, 2.45) is 0 Å². The first-order chi connectivity index (χ1) is 7.76. The zero-order valence-electron chi connectivity index (χ0n) is 10.4. The zero-order valence-corrected chi connectivity index (χ0v) is 11.1. The summed E-state index contributed by atoms with van der Waals surface area (Å²) in [7, 11) is 0. The second-order valence-corrected chi connectivity index (χ2v) is 4.69. The van der Waals surface area contributed by atoms with E-state index in [4.69, 9.17) is 11.6 Å². The molecule has 0 fully saturated rings. The van der Waals surface area contributed by atoms with E-state index in [9.17, 15) is 0 Å². The molecule has 0 aliphatic heterocycles. The Morgan fingerprint density at radius 3 is 2.69 bits per heavy atom. The predicted molar refractivity (Wildman–Crippen MR) is 72.1 cm³/mol. The number of rotatable bonds is 7. The lowest BCUT2D eigenvalue weighted by molar-refractivity contribution is 0.277. The van der Waals surface area contributed by atoms with Gasteiger partial charge in [0.2, 0.25) is 0 Å². The summed E-state index contributed by atoms with van der Waals surface area (Å²) in [6, 6.07) is 8.72. The van der Waals surface area contributed by atoms with Crippen molar-refractivity contribution in [3.05, 3.63) is 35.4 Å². The maximum Gasteiger partial charge on any atom is 0.0351 e. The fourth-order valence-corrected chi connectivity index (χ4v) is 2.08. The molecule has 16 heavy (non-hydrogen) atoms. The van der Waals surface area contributed by atoms with Crippen molar-refractivity contribution in [3.63, 3.8) is 0 Å². The largest absolute Gasteiger partial charge is 0.298 e. The van der Waals surface area contributed by atoms with E-state index < -0.39 is 0 Å². The molecule has 90 valence electrons. The number of nitrogens with zero attached hydrogens (tertiary/aromatic N) is 1. The molecular formula is C14H22ClN. The minimum atomic E-state index is 0.718. The molecule has 0 bridgehead atoms. The van der Waals surface area contributed by atoms with E-state index in [2.05, 4.69) is 43.0 Å². The van der Waals surface area contributed by atoms with Gasteiger partial charge in [0, 0.05) is 19.0 Å². The van der Waals surface area contributed by atoms with Crippen molar-refractivity contribution < 1.29 is 0 Å². The van der Waals surface area contributed by atoms with Crippen molar-refractivity contribution in [3.8, 4) is 0 Å². The van der Waals surface area contributed by atoms with Crippen LogP contribution in [0.15, 0.2) is 24.3 Å². The first-order valence-electron chi connectivity index (χ1n) is 6.10. The Morgan fingerprint density at radius 2 is 2.06 bits per heavy atom. The van der Waals surface area contributed by atoms with Gasteiger partial charge in [-0.25, -0.2) is 0 Å². The molecule has 0 saturated carbocycles. The number of alkyl halides is 1. The van der Waals surface area contributed by atoms with Gasteiger partial charge in [0.25, 0.3) is 0 Å². The first kappa shape index (κ1) is 13.5. The molecule has 0 atom stereocenters. The van der Waals surface area contributed by atoms with Crippen LogP contribution in [0.3, 0.4) is 0 Å². The second kappa shape index (κ2) is 7.70. The quantitative estimate of drug-likeness (QED) is 0.654. The standard InChI is InChI=1S/C14H22ClN/c1-3-4-9-16(10-8-15)12-14-7-5-6-13(2)11-14/h5-7,11H,3-4,8-10,12H2,1-2H3. The Labute approximate surface area is 104 Å². The lowest BCUT2D eigenvalue weighted by Crippen LogP contribution is -2.26. The third-order valence-electron chi connectivity index (χ3n) is 2.72. The maximum absolute atomic E-state index is 5.83. The van der Waals surface area contributed by atoms with Crippen molar-refractivity contribution >= 4 is 11.6 Å². The Hall–Kier alpha value is -0.530. The molecule has 0 aliphatic rings. The number of hydrogen-bond acceptors (Lipinski definition) is 1. The van der Waals surface area contributed by atoms with Gasteiger partial charge in [-0.3, -0.25) is 4.90 Å². The van der Waals surface area contributed by atoms with Crippen LogP contribution >= 0.6 is 11.6 Å². The molecule has 1 aromatic carbocycles. The third kappa shape index (κ3) is 5.00. The van der Waals surface area contributed by atoms with Crippen LogP contribution in [0.5, 0.6) is 0 Å². The maximum atomic E-state index is 5.83. The highest BCUT2D eigenvalue weighted by molar-refractivity contribution is 6.18. The minimum Gasteiger partial charge on any atom is -0.298 e. The number of unbranched alkanes of at least 4 members (excludes halogenated alkanes) is 1. The zero-order chi connectivity index (χ0) is 11.8. The van der Waals surface area contributed by atoms with Gasteiger partial charge >= 0.3 is 0 Å². The Morgan fingerprint density at radius 1 is 1.25 bits per heavy atom. The van der Waals surface area contributed by atoms with Gasteiger partial charge in [0.1, 0.15) is 0 Å². The van der Waals surface area contributed by atoms with E-state index >= 15 is 0 Å². The van der Waals surface area contributed by atoms with Gasteiger partial charge in [-0.1, -0.05) is 43.2 Å². The van der Waals surface area contributed by atoms with Gasteiger partial charge in [0.05, 0.1) is 0 Å². The minimum absolute atomic E-state index is 0.718. The normalized spacial score (nSPS) is 11.0. The molecule has 1 rings (SSSR count). The summed E-state index contributed by atoms with van der Waals surface area (Å²) in [5.74, 6) is 0.718. The molecule has 0 amide bonds. The topological polar surface area (TPSA) is 3.24 Å². The van der Waals surface area contributed by atoms with E-state index in [-0.39, 0.29) is 0 Å². The SMILES string of the molecule is CCCCN(CCCl)Cc1cccc(C)c1. The number of benzene rings is 1. The van der Waals surface area contributed by atoms with Crippen LogP contribution in [0.2, 0.25) is 0 Å². The smallest absolute Gasteiger partial charge is 0.0351 e. The summed E-state index contributed by atoms with van der Waals surface area (Å²) in [6.07, 6.45) is 2.50. The highest BCUT2D eigenvalue weighted by Gasteiger charge is 2.04. The average Bonchev–Trinajstić information content (AvgIpc) is 2.26. The van der Waals surface area contributed by atoms with Crippen LogP contribution in [-0.2, 0) is 6.54 Å². The number of hydrogen-bond donors (Lipinski definition) is 0. The van der Waals surface area contributed by atoms with Crippen molar-refractivity contribution in [1.29, 1.82) is 0 Å². The van der Waals surface area contributed by atoms with Gasteiger partial charge < -0.3 is 0 Å². The highest BCUT2D eigenvalue weighted by atomic mass is 35.5. The third-order valence-corrected chi connectivity index (χ3v) is 2.89. The summed E-state index contributed by atoms with van der Waals surface area (Å²) in [5, 5.41) is 0. The van der Waals surface area contributed by atoms with Crippen LogP contribution in [0, 0.1) is 6.92 Å². The molecule has 2 heteroatoms. The summed E-state index contributed by atoms with van der Waals surface area (Å²) in [6.45, 7) is 7.52. The van der Waals surface area contributed by atoms with Crippen LogP contribution in [0.1, 0.15) is 30.9 Å². The molecule has 0 heterocycles. The molecule has 1 aromatic rings. The van der Waals surface area contributed by atoms with Gasteiger partial charge in [-0.05, 0) is 25.5 Å². The molecule has 1 nitrogen and oxygen atoms in total. The molecule has 0 aromatic heterocycles. The monoisotopic (exact) mass is 239 g/mol. The molecule has 0 aliphatic carbocycles. The summed E-state index contributed by atoms with van der Waals surface area (Å²) in [5.41, 5.74) is 2.72. The predicted octanol–water partition coefficient (Wildman–Crippen LogP) is 3.84. The Bertz CT molecular complexity index is 299. The summed E-state index contributed by atoms with van der Waals surface area (Å²) >= 11 is 5.83. The van der Waals surface area contributed by atoms with Crippen LogP contribution < -0.4 is 0 Å². The van der Waals surface area contributed by atoms with Gasteiger partial charge in [0.15, 0.2) is 0 Å². The number of aryl methyl sites for hydroxylation is 1. The van der Waals surface area contributed by atoms with Crippen molar-refractivity contribution in [2.75, 3.05) is 19.0 Å². The molecule has 0 saturated heterocycles. The van der Waals surface area contributed by atoms with Crippen molar-refractivity contribution in [1.82, 2.24) is 4.90 Å². The van der Waals surface area contributed by atoms with Crippen LogP contribution in [0.25, 0.3) is 0 Å². The number of halogens is 1. The summed E-state index contributed by atoms with van der Waals surface area (Å²) in [4.78, 5) is 2.44. The fraction of sp³-hybridized carbons (Fsp3) is 0.571. The van der Waals surface area contributed by atoms with Crippen molar-refractivity contribution in [2.45, 2.75) is 33.2 Å². The fourth-order valence-electron chi connectivity index (χ4n) is 1.84. The van der Waals surface area contributed by atoms with Crippen LogP contribution in [0.4, 0.5) is 0 Å². The summed E-state index contributed by atoms with van der Waals surface area (Å²) < 4.78 is 0. The lowest BCUT2D eigenvalue weighted by Gasteiger charge is -2.21. The molecule has 0 radical (unpaired) electrons. The molecule has 0 spiro atoms. The molecule has 0 N–H and O–H groups in total. The van der Waals surface area contributed by atoms with Gasteiger partial charge in [-0.2, -0.15) is 0 Å². The Kier molecular flexibility index (Phi) is 6.51. The Balaban J connectivity index is 2.52. The molecular weight excluding hydrogens is 218 g/mol. The highest BCUT2D eigenvalue weighted by Crippen LogP contribution is 2.08. The van der Waals surface area contributed by atoms with Crippen LogP contribution in [-0.4, -0.2) is 23.9 Å². The van der Waals surface area contributed by atoms with E-state index in [1.54, 1.807) is 0 Å². The van der Waals surface area contributed by atoms with E-state index in [1.165, 1.54) is 24.0 Å². The average molecular weight is 240 g/mol. The van der Waals surface area contributed by atoms with E-state index in [0.29, 0.717) is 0 Å².